The number of benzene rings is 5. The SMILES string of the molecule is COc1cc(OC(C)=O)c2c(c1)C(=O)c1c(cc3c(c1OC(C)=O)-c1c(cc(C)c(C(=O)N[C@H](C(=O)OC(c4ccccc4)c4ccccc4)[C@@H](C)O)c1OC(C)=O)[C@H](O[C@@H]1O[C@H](C)[C@H](OC(C)=O)[C@H](O[C@@H]4OC[C@@H](OC(C)=O)[C@H](OC(C)=O)[C@H]4OC(C)=O)[C@H]1OC(C)=O)[C@H]3OC(C)=O)C2=O. The number of aryl methyl sites for hydroxylation is 1. The maximum absolute atomic E-state index is 15.6. The number of nitrogens with one attached hydrogen (secondary N) is 1. The minimum absolute atomic E-state index is 0.0946. The molecular weight excluding hydrogens is 1330 g/mol. The first kappa shape index (κ1) is 74.4. The third-order valence-corrected chi connectivity index (χ3v) is 16.1. The van der Waals surface area contributed by atoms with Crippen molar-refractivity contribution in [2.24, 2.45) is 0 Å². The summed E-state index contributed by atoms with van der Waals surface area (Å²) in [5.41, 5.74) is -3.71. The molecule has 5 aromatic carbocycles. The van der Waals surface area contributed by atoms with Gasteiger partial charge >= 0.3 is 59.7 Å². The van der Waals surface area contributed by atoms with Crippen LogP contribution in [0.3, 0.4) is 0 Å². The van der Waals surface area contributed by atoms with E-state index in [0.29, 0.717) is 11.1 Å². The van der Waals surface area contributed by atoms with Crippen molar-refractivity contribution in [1.82, 2.24) is 5.32 Å². The minimum atomic E-state index is -2.10. The summed E-state index contributed by atoms with van der Waals surface area (Å²) in [6.07, 6.45) is -22.8. The molecule has 0 aromatic heterocycles. The number of methoxy groups -OCH3 is 1. The third-order valence-electron chi connectivity index (χ3n) is 16.1. The fraction of sp³-hybridized carbons (Fsp3) is 0.394. The Morgan fingerprint density at radius 3 is 1.55 bits per heavy atom. The molecule has 2 N–H and O–H groups in total. The fourth-order valence-corrected chi connectivity index (χ4v) is 12.4. The Labute approximate surface area is 576 Å². The van der Waals surface area contributed by atoms with Crippen molar-refractivity contribution in [2.45, 2.75) is 169 Å². The second-order valence-electron chi connectivity index (χ2n) is 23.8. The van der Waals surface area contributed by atoms with E-state index < -0.39 is 231 Å². The topological polar surface area (TPSA) is 393 Å². The summed E-state index contributed by atoms with van der Waals surface area (Å²) in [6, 6.07) is 19.7. The van der Waals surface area contributed by atoms with Crippen molar-refractivity contribution < 1.29 is 138 Å². The van der Waals surface area contributed by atoms with Crippen LogP contribution in [0.2, 0.25) is 0 Å². The number of hydrogen-bond acceptors (Lipinski definition) is 29. The molecular formula is C71H71NO29. The lowest BCUT2D eigenvalue weighted by Crippen LogP contribution is -2.65. The molecule has 13 atom stereocenters. The van der Waals surface area contributed by atoms with Crippen LogP contribution < -0.4 is 24.3 Å². The molecule has 2 fully saturated rings. The lowest BCUT2D eigenvalue weighted by Gasteiger charge is -2.48. The fourth-order valence-electron chi connectivity index (χ4n) is 12.4. The number of hydrogen-bond donors (Lipinski definition) is 2. The molecule has 0 bridgehead atoms. The molecule has 9 rings (SSSR count). The van der Waals surface area contributed by atoms with Crippen molar-refractivity contribution in [1.29, 1.82) is 0 Å². The molecule has 1 amide bonds. The summed E-state index contributed by atoms with van der Waals surface area (Å²) in [5, 5.41) is 13.9. The predicted octanol–water partition coefficient (Wildman–Crippen LogP) is 5.85. The van der Waals surface area contributed by atoms with Crippen LogP contribution in [0.1, 0.15) is 164 Å². The molecule has 0 unspecified atom stereocenters. The Hall–Kier alpha value is -10.8. The van der Waals surface area contributed by atoms with Gasteiger partial charge in [-0.3, -0.25) is 57.5 Å². The molecule has 2 aliphatic carbocycles. The van der Waals surface area contributed by atoms with E-state index in [9.17, 15) is 53.1 Å². The lowest BCUT2D eigenvalue weighted by atomic mass is 9.73. The Balaban J connectivity index is 1.30. The summed E-state index contributed by atoms with van der Waals surface area (Å²) < 4.78 is 89.7. The van der Waals surface area contributed by atoms with E-state index in [0.717, 1.165) is 80.5 Å². The number of carbonyl (C=O) groups is 13. The number of ether oxygens (including phenoxy) is 15. The Bertz CT molecular complexity index is 4120. The molecule has 101 heavy (non-hydrogen) atoms. The van der Waals surface area contributed by atoms with Gasteiger partial charge in [-0.25, -0.2) is 4.79 Å². The number of amides is 1. The van der Waals surface area contributed by atoms with Crippen molar-refractivity contribution in [2.75, 3.05) is 13.7 Å². The smallest absolute Gasteiger partial charge is 0.332 e. The van der Waals surface area contributed by atoms with Crippen molar-refractivity contribution in [3.63, 3.8) is 0 Å². The third kappa shape index (κ3) is 16.3. The Morgan fingerprint density at radius 1 is 0.525 bits per heavy atom. The van der Waals surface area contributed by atoms with E-state index in [1.165, 1.54) is 33.9 Å². The average molecular weight is 1400 g/mol. The van der Waals surface area contributed by atoms with Crippen LogP contribution in [-0.2, 0) is 100 Å². The second kappa shape index (κ2) is 31.2. The first-order chi connectivity index (χ1) is 47.8. The minimum Gasteiger partial charge on any atom is -0.497 e. The standard InChI is InChI=1S/C71H71NO29/c1-29-24-46-52(63(95-37(9)79)50(29)68(85)72-55(30(2)73)69(86)99-59(41-20-16-14-17-21-41)42-22-18-15-19-23-42)53-47(27-45-54(64(53)96-38(10)80)57(84)44-25-43(87-13)26-48(90-32(4)74)51(44)56(45)83)60(93-35(7)77)61(46)100-71-67(98-40(12)82)65(58(31(3)89-71)92-34(6)76)101-70-66(97-39(11)81)62(94-36(8)78)49(28-88-70)91-33(5)75/h14-27,30-31,49,55,58-62,65-67,70-71,73H,28H2,1-13H3,(H,72,85)/t30-,31-,49-,55+,58+,60+,61+,62+,65+,66-,67-,70+,71+/m1/s1. The molecule has 2 saturated heterocycles. The number of aliphatic hydroxyl groups is 1. The summed E-state index contributed by atoms with van der Waals surface area (Å²) >= 11 is 0. The summed E-state index contributed by atoms with van der Waals surface area (Å²) in [7, 11) is 1.22. The highest BCUT2D eigenvalue weighted by atomic mass is 16.8. The zero-order chi connectivity index (χ0) is 73.7. The lowest BCUT2D eigenvalue weighted by molar-refractivity contribution is -0.355. The van der Waals surface area contributed by atoms with Gasteiger partial charge in [-0.05, 0) is 55.2 Å². The normalized spacial score (nSPS) is 22.3. The number of esters is 10. The van der Waals surface area contributed by atoms with Gasteiger partial charge < -0.3 is 81.5 Å². The highest BCUT2D eigenvalue weighted by molar-refractivity contribution is 6.31. The monoisotopic (exact) mass is 1400 g/mol. The average Bonchev–Trinajstić information content (AvgIpc) is 0.698. The Kier molecular flexibility index (Phi) is 23.0. The molecule has 2 heterocycles. The van der Waals surface area contributed by atoms with Crippen LogP contribution in [0.25, 0.3) is 11.1 Å². The van der Waals surface area contributed by atoms with Gasteiger partial charge in [0, 0.05) is 96.2 Å². The maximum Gasteiger partial charge on any atom is 0.332 e. The van der Waals surface area contributed by atoms with Crippen LogP contribution in [0.5, 0.6) is 23.0 Å². The van der Waals surface area contributed by atoms with Gasteiger partial charge in [-0.1, -0.05) is 66.7 Å². The first-order valence-corrected chi connectivity index (χ1v) is 31.4. The maximum atomic E-state index is 15.6. The van der Waals surface area contributed by atoms with E-state index in [4.69, 9.17) is 71.1 Å². The molecule has 2 aliphatic heterocycles. The number of carbonyl (C=O) groups excluding carboxylic acids is 13. The molecule has 30 heteroatoms. The van der Waals surface area contributed by atoms with E-state index in [1.54, 1.807) is 60.7 Å². The summed E-state index contributed by atoms with van der Waals surface area (Å²) in [4.78, 5) is 180. The van der Waals surface area contributed by atoms with Gasteiger partial charge in [0.15, 0.2) is 84.4 Å². The Morgan fingerprint density at radius 2 is 1.02 bits per heavy atom. The van der Waals surface area contributed by atoms with Gasteiger partial charge in [0.05, 0.1) is 42.6 Å². The van der Waals surface area contributed by atoms with E-state index in [2.05, 4.69) is 5.32 Å². The largest absolute Gasteiger partial charge is 0.497 e. The zero-order valence-electron chi connectivity index (χ0n) is 56.8. The molecule has 4 aliphatic rings. The van der Waals surface area contributed by atoms with Crippen molar-refractivity contribution in [3.05, 3.63) is 141 Å². The van der Waals surface area contributed by atoms with Gasteiger partial charge in [0.2, 0.25) is 0 Å². The van der Waals surface area contributed by atoms with Crippen LogP contribution in [0.15, 0.2) is 84.9 Å². The van der Waals surface area contributed by atoms with Crippen LogP contribution >= 0.6 is 0 Å². The number of aliphatic hydroxyl groups excluding tert-OH is 1. The van der Waals surface area contributed by atoms with E-state index in [1.807, 2.05) is 0 Å². The number of rotatable bonds is 21. The molecule has 0 spiro atoms. The van der Waals surface area contributed by atoms with Crippen LogP contribution in [0, 0.1) is 6.92 Å². The van der Waals surface area contributed by atoms with E-state index >= 15 is 14.4 Å². The molecule has 0 saturated carbocycles. The quantitative estimate of drug-likeness (QED) is 0.0484. The number of ketones is 2. The second-order valence-corrected chi connectivity index (χ2v) is 23.8. The van der Waals surface area contributed by atoms with Crippen LogP contribution in [-0.4, -0.2) is 163 Å². The van der Waals surface area contributed by atoms with Crippen molar-refractivity contribution in [3.8, 4) is 34.1 Å². The highest BCUT2D eigenvalue weighted by Crippen LogP contribution is 2.59. The first-order valence-electron chi connectivity index (χ1n) is 31.4. The highest BCUT2D eigenvalue weighted by Gasteiger charge is 2.57. The van der Waals surface area contributed by atoms with Gasteiger partial charge in [0.25, 0.3) is 5.91 Å². The van der Waals surface area contributed by atoms with E-state index in [-0.39, 0.29) is 16.9 Å². The molecule has 0 radical (unpaired) electrons. The van der Waals surface area contributed by atoms with Crippen LogP contribution in [0.4, 0.5) is 0 Å². The zero-order valence-corrected chi connectivity index (χ0v) is 56.8. The van der Waals surface area contributed by atoms with Gasteiger partial charge in [-0.15, -0.1) is 0 Å². The predicted molar refractivity (Wildman–Crippen MR) is 339 cm³/mol. The van der Waals surface area contributed by atoms with Gasteiger partial charge in [-0.2, -0.15) is 0 Å². The van der Waals surface area contributed by atoms with Crippen molar-refractivity contribution >= 4 is 77.2 Å². The molecule has 5 aromatic rings. The summed E-state index contributed by atoms with van der Waals surface area (Å²) in [5.74, 6) is -15.9. The summed E-state index contributed by atoms with van der Waals surface area (Å²) in [6.45, 7) is 12.1. The van der Waals surface area contributed by atoms with Gasteiger partial charge in [0.1, 0.15) is 23.7 Å². The molecule has 534 valence electrons. The molecule has 30 nitrogen and oxygen atoms in total. The number of fused-ring (bicyclic) bond motifs is 5.